The van der Waals surface area contributed by atoms with Crippen molar-refractivity contribution in [3.05, 3.63) is 76.5 Å². The van der Waals surface area contributed by atoms with Crippen LogP contribution in [0.3, 0.4) is 0 Å². The Kier molecular flexibility index (Phi) is 6.46. The smallest absolute Gasteiger partial charge is 0.343 e. The molecule has 1 fully saturated rings. The van der Waals surface area contributed by atoms with E-state index < -0.39 is 29.5 Å². The average molecular weight is 477 g/mol. The van der Waals surface area contributed by atoms with E-state index in [0.29, 0.717) is 24.4 Å². The molecule has 2 amide bonds. The molecule has 3 aromatic rings. The zero-order chi connectivity index (χ0) is 23.6. The lowest BCUT2D eigenvalue weighted by atomic mass is 10.0. The number of hydrogen-bond donors (Lipinski definition) is 1. The average Bonchev–Trinajstić information content (AvgIpc) is 3.43. The molecule has 33 heavy (non-hydrogen) atoms. The molecule has 1 N–H and O–H groups in total. The number of nitrogens with one attached hydrogen (secondary N) is 1. The van der Waals surface area contributed by atoms with Crippen LogP contribution in [-0.2, 0) is 11.0 Å². The van der Waals surface area contributed by atoms with Gasteiger partial charge in [0.25, 0.3) is 5.91 Å². The van der Waals surface area contributed by atoms with Gasteiger partial charge in [0.05, 0.1) is 17.8 Å². The van der Waals surface area contributed by atoms with Crippen molar-refractivity contribution in [2.24, 2.45) is 0 Å². The summed E-state index contributed by atoms with van der Waals surface area (Å²) >= 11 is 0.972. The second kappa shape index (κ2) is 9.30. The fourth-order valence-corrected chi connectivity index (χ4v) is 4.50. The second-order valence-corrected chi connectivity index (χ2v) is 8.63. The van der Waals surface area contributed by atoms with Crippen LogP contribution >= 0.6 is 11.3 Å². The van der Waals surface area contributed by atoms with Gasteiger partial charge in [0.1, 0.15) is 15.7 Å². The van der Waals surface area contributed by atoms with Gasteiger partial charge in [0.2, 0.25) is 5.91 Å². The van der Waals surface area contributed by atoms with Gasteiger partial charge in [-0.2, -0.15) is 13.2 Å². The van der Waals surface area contributed by atoms with Gasteiger partial charge in [-0.3, -0.25) is 9.59 Å². The lowest BCUT2D eigenvalue weighted by Crippen LogP contribution is -2.38. The summed E-state index contributed by atoms with van der Waals surface area (Å²) in [5, 5.41) is 3.04. The molecule has 10 heteroatoms. The number of thiazole rings is 1. The third-order valence-electron chi connectivity index (χ3n) is 5.33. The van der Waals surface area contributed by atoms with Crippen molar-refractivity contribution in [3.8, 4) is 10.6 Å². The van der Waals surface area contributed by atoms with Crippen molar-refractivity contribution < 1.29 is 27.2 Å². The van der Waals surface area contributed by atoms with E-state index in [-0.39, 0.29) is 28.5 Å². The molecule has 0 bridgehead atoms. The molecular weight excluding hydrogens is 458 g/mol. The Bertz CT molecular complexity index is 1180. The summed E-state index contributed by atoms with van der Waals surface area (Å²) in [4.78, 5) is 30.9. The Morgan fingerprint density at radius 2 is 1.97 bits per heavy atom. The molecule has 1 aliphatic rings. The van der Waals surface area contributed by atoms with Crippen molar-refractivity contribution in [2.75, 3.05) is 13.1 Å². The summed E-state index contributed by atoms with van der Waals surface area (Å²) in [5.74, 6) is -1.15. The molecule has 1 unspecified atom stereocenters. The van der Waals surface area contributed by atoms with Crippen molar-refractivity contribution in [1.29, 1.82) is 0 Å². The van der Waals surface area contributed by atoms with E-state index in [0.717, 1.165) is 23.5 Å². The van der Waals surface area contributed by atoms with Gasteiger partial charge in [-0.05, 0) is 36.2 Å². The van der Waals surface area contributed by atoms with Crippen LogP contribution in [0.2, 0.25) is 0 Å². The molecule has 1 saturated heterocycles. The highest BCUT2D eigenvalue weighted by Crippen LogP contribution is 2.32. The molecule has 172 valence electrons. The van der Waals surface area contributed by atoms with Crippen LogP contribution in [0.15, 0.2) is 54.7 Å². The highest BCUT2D eigenvalue weighted by atomic mass is 32.1. The monoisotopic (exact) mass is 477 g/mol. The van der Waals surface area contributed by atoms with Gasteiger partial charge < -0.3 is 10.2 Å². The first kappa shape index (κ1) is 22.9. The van der Waals surface area contributed by atoms with Crippen molar-refractivity contribution >= 4 is 23.2 Å². The first-order valence-electron chi connectivity index (χ1n) is 10.2. The number of carbonyl (C=O) groups excluding carboxylic acids is 2. The van der Waals surface area contributed by atoms with Crippen molar-refractivity contribution in [1.82, 2.24) is 15.2 Å². The van der Waals surface area contributed by atoms with Gasteiger partial charge in [0.15, 0.2) is 0 Å². The summed E-state index contributed by atoms with van der Waals surface area (Å²) in [6.45, 7) is 0.521. The first-order valence-corrected chi connectivity index (χ1v) is 11.0. The first-order chi connectivity index (χ1) is 15.7. The molecule has 0 radical (unpaired) electrons. The van der Waals surface area contributed by atoms with E-state index >= 15 is 0 Å². The molecule has 5 nitrogen and oxygen atoms in total. The zero-order valence-corrected chi connectivity index (χ0v) is 18.0. The largest absolute Gasteiger partial charge is 0.416 e. The van der Waals surface area contributed by atoms with Crippen LogP contribution in [0.4, 0.5) is 17.6 Å². The lowest BCUT2D eigenvalue weighted by molar-refractivity contribution is -0.137. The predicted molar refractivity (Wildman–Crippen MR) is 115 cm³/mol. The van der Waals surface area contributed by atoms with Crippen LogP contribution in [0.5, 0.6) is 0 Å². The van der Waals surface area contributed by atoms with Crippen LogP contribution in [-0.4, -0.2) is 34.8 Å². The SMILES string of the molecule is O=C(NC(CN1CCCC1=O)c1cccc(C(F)(F)F)c1)c1cnc(-c2ccccc2F)s1. The molecule has 0 spiro atoms. The molecule has 1 aliphatic heterocycles. The number of nitrogens with zero attached hydrogens (tertiary/aromatic N) is 2. The number of carbonyl (C=O) groups is 2. The van der Waals surface area contributed by atoms with Crippen LogP contribution < -0.4 is 5.32 Å². The predicted octanol–water partition coefficient (Wildman–Crippen LogP) is 5.06. The Morgan fingerprint density at radius 3 is 2.67 bits per heavy atom. The quantitative estimate of drug-likeness (QED) is 0.505. The van der Waals surface area contributed by atoms with E-state index in [9.17, 15) is 27.2 Å². The van der Waals surface area contributed by atoms with E-state index in [1.807, 2.05) is 0 Å². The minimum absolute atomic E-state index is 0.0465. The molecule has 4 rings (SSSR count). The Hall–Kier alpha value is -3.27. The number of alkyl halides is 3. The fourth-order valence-electron chi connectivity index (χ4n) is 3.65. The third-order valence-corrected chi connectivity index (χ3v) is 6.36. The summed E-state index contributed by atoms with van der Waals surface area (Å²) in [7, 11) is 0. The van der Waals surface area contributed by atoms with Gasteiger partial charge in [-0.15, -0.1) is 11.3 Å². The number of rotatable bonds is 6. The van der Waals surface area contributed by atoms with Crippen molar-refractivity contribution in [2.45, 2.75) is 25.1 Å². The number of benzene rings is 2. The number of hydrogen-bond acceptors (Lipinski definition) is 4. The molecule has 0 aliphatic carbocycles. The molecule has 2 heterocycles. The van der Waals surface area contributed by atoms with E-state index in [1.165, 1.54) is 29.3 Å². The third kappa shape index (κ3) is 5.22. The maximum atomic E-state index is 14.1. The molecule has 1 aromatic heterocycles. The Balaban J connectivity index is 1.60. The van der Waals surface area contributed by atoms with Gasteiger partial charge in [0, 0.05) is 25.1 Å². The minimum atomic E-state index is -4.54. The Morgan fingerprint density at radius 1 is 1.18 bits per heavy atom. The van der Waals surface area contributed by atoms with Crippen LogP contribution in [0.25, 0.3) is 10.6 Å². The number of likely N-dealkylation sites (tertiary alicyclic amines) is 1. The second-order valence-electron chi connectivity index (χ2n) is 7.60. The van der Waals surface area contributed by atoms with Crippen LogP contribution in [0, 0.1) is 5.82 Å². The maximum absolute atomic E-state index is 14.1. The number of halogens is 4. The highest BCUT2D eigenvalue weighted by molar-refractivity contribution is 7.16. The normalized spacial score (nSPS) is 15.0. The van der Waals surface area contributed by atoms with Gasteiger partial charge in [-0.25, -0.2) is 9.37 Å². The lowest BCUT2D eigenvalue weighted by Gasteiger charge is -2.25. The molecule has 2 aromatic carbocycles. The van der Waals surface area contributed by atoms with Gasteiger partial charge in [-0.1, -0.05) is 24.3 Å². The minimum Gasteiger partial charge on any atom is -0.343 e. The number of amides is 2. The summed E-state index contributed by atoms with van der Waals surface area (Å²) in [6, 6.07) is 9.84. The molecular formula is C23H19F4N3O2S. The Labute approximate surface area is 191 Å². The van der Waals surface area contributed by atoms with Gasteiger partial charge >= 0.3 is 6.18 Å². The van der Waals surface area contributed by atoms with E-state index in [2.05, 4.69) is 10.3 Å². The summed E-state index contributed by atoms with van der Waals surface area (Å²) in [5.41, 5.74) is -0.359. The zero-order valence-electron chi connectivity index (χ0n) is 17.2. The van der Waals surface area contributed by atoms with Crippen LogP contribution in [0.1, 0.15) is 39.7 Å². The highest BCUT2D eigenvalue weighted by Gasteiger charge is 2.32. The topological polar surface area (TPSA) is 62.3 Å². The van der Waals surface area contributed by atoms with E-state index in [1.54, 1.807) is 18.2 Å². The van der Waals surface area contributed by atoms with Crippen molar-refractivity contribution in [3.63, 3.8) is 0 Å². The van der Waals surface area contributed by atoms with E-state index in [4.69, 9.17) is 0 Å². The summed E-state index contributed by atoms with van der Waals surface area (Å²) in [6.07, 6.45) is -2.22. The number of aromatic nitrogens is 1. The fraction of sp³-hybridized carbons (Fsp3) is 0.261. The summed E-state index contributed by atoms with van der Waals surface area (Å²) < 4.78 is 53.8. The molecule has 0 saturated carbocycles. The molecule has 1 atom stereocenters. The maximum Gasteiger partial charge on any atom is 0.416 e. The standard InChI is InChI=1S/C23H19F4N3O2S/c24-17-8-2-1-7-16(17)22-28-12-19(33-22)21(32)29-18(13-30-10-4-9-20(30)31)14-5-3-6-15(11-14)23(25,26)27/h1-3,5-8,11-12,18H,4,9-10,13H2,(H,29,32).